The van der Waals surface area contributed by atoms with Crippen molar-refractivity contribution in [2.24, 2.45) is 0 Å². The lowest BCUT2D eigenvalue weighted by Gasteiger charge is -2.20. The maximum absolute atomic E-state index is 10.6. The van der Waals surface area contributed by atoms with Gasteiger partial charge in [0.2, 0.25) is 0 Å². The van der Waals surface area contributed by atoms with Gasteiger partial charge in [-0.3, -0.25) is 10.1 Å². The first-order chi connectivity index (χ1) is 9.00. The average Bonchev–Trinajstić information content (AvgIpc) is 2.38. The molecule has 0 bridgehead atoms. The molecule has 1 aromatic rings. The molecule has 0 amide bonds. The summed E-state index contributed by atoms with van der Waals surface area (Å²) >= 11 is 0. The Kier molecular flexibility index (Phi) is 6.29. The van der Waals surface area contributed by atoms with Crippen LogP contribution in [0.2, 0.25) is 0 Å². The van der Waals surface area contributed by atoms with E-state index < -0.39 is 0 Å². The number of nitrogens with zero attached hydrogens (tertiary/aromatic N) is 2. The first-order valence-electron chi connectivity index (χ1n) is 6.69. The van der Waals surface area contributed by atoms with Gasteiger partial charge in [0.15, 0.2) is 0 Å². The molecule has 0 heterocycles. The maximum Gasteiger partial charge on any atom is 0.271 e. The van der Waals surface area contributed by atoms with Crippen LogP contribution in [0, 0.1) is 10.1 Å². The Hall–Kier alpha value is -1.62. The zero-order valence-electron chi connectivity index (χ0n) is 11.9. The van der Waals surface area contributed by atoms with Gasteiger partial charge in [0.05, 0.1) is 4.92 Å². The van der Waals surface area contributed by atoms with Crippen molar-refractivity contribution in [1.82, 2.24) is 4.90 Å². The molecule has 0 spiro atoms. The van der Waals surface area contributed by atoms with Gasteiger partial charge in [-0.1, -0.05) is 6.07 Å². The third-order valence-electron chi connectivity index (χ3n) is 3.21. The summed E-state index contributed by atoms with van der Waals surface area (Å²) in [7, 11) is 2.12. The fourth-order valence-corrected chi connectivity index (χ4v) is 1.71. The van der Waals surface area contributed by atoms with Crippen molar-refractivity contribution in [2.45, 2.75) is 32.7 Å². The number of nitro groups is 1. The number of benzene rings is 1. The first kappa shape index (κ1) is 15.4. The number of unbranched alkanes of at least 4 members (excludes halogenated alkanes) is 1. The van der Waals surface area contributed by atoms with E-state index in [0.29, 0.717) is 6.04 Å². The highest BCUT2D eigenvalue weighted by molar-refractivity contribution is 5.50. The van der Waals surface area contributed by atoms with Crippen LogP contribution in [0.3, 0.4) is 0 Å². The molecule has 0 atom stereocenters. The molecule has 0 unspecified atom stereocenters. The summed E-state index contributed by atoms with van der Waals surface area (Å²) in [5, 5.41) is 13.9. The summed E-state index contributed by atoms with van der Waals surface area (Å²) in [5.74, 6) is 0. The highest BCUT2D eigenvalue weighted by atomic mass is 16.6. The number of nitrogens with one attached hydrogen (secondary N) is 1. The Morgan fingerprint density at radius 2 is 2.11 bits per heavy atom. The van der Waals surface area contributed by atoms with E-state index in [4.69, 9.17) is 0 Å². The van der Waals surface area contributed by atoms with Crippen LogP contribution < -0.4 is 5.32 Å². The number of anilines is 1. The predicted octanol–water partition coefficient (Wildman–Crippen LogP) is 3.13. The quantitative estimate of drug-likeness (QED) is 0.445. The summed E-state index contributed by atoms with van der Waals surface area (Å²) in [5.41, 5.74) is 0.941. The molecule has 0 radical (unpaired) electrons. The molecule has 0 aliphatic heterocycles. The topological polar surface area (TPSA) is 58.4 Å². The van der Waals surface area contributed by atoms with Gasteiger partial charge >= 0.3 is 0 Å². The van der Waals surface area contributed by atoms with Crippen molar-refractivity contribution in [2.75, 3.05) is 25.5 Å². The number of hydrogen-bond donors (Lipinski definition) is 1. The molecule has 5 heteroatoms. The normalized spacial score (nSPS) is 11.0. The van der Waals surface area contributed by atoms with E-state index in [0.717, 1.165) is 31.6 Å². The van der Waals surface area contributed by atoms with Crippen LogP contribution in [0.25, 0.3) is 0 Å². The summed E-state index contributed by atoms with van der Waals surface area (Å²) in [6.45, 7) is 6.28. The van der Waals surface area contributed by atoms with Crippen molar-refractivity contribution in [3.8, 4) is 0 Å². The largest absolute Gasteiger partial charge is 0.385 e. The smallest absolute Gasteiger partial charge is 0.271 e. The highest BCUT2D eigenvalue weighted by Gasteiger charge is 2.05. The van der Waals surface area contributed by atoms with Crippen LogP contribution >= 0.6 is 0 Å². The Morgan fingerprint density at radius 3 is 2.74 bits per heavy atom. The molecule has 19 heavy (non-hydrogen) atoms. The molecule has 0 saturated carbocycles. The second-order valence-electron chi connectivity index (χ2n) is 5.02. The lowest BCUT2D eigenvalue weighted by Crippen LogP contribution is -2.27. The van der Waals surface area contributed by atoms with E-state index in [1.165, 1.54) is 6.07 Å². The van der Waals surface area contributed by atoms with Gasteiger partial charge in [-0.15, -0.1) is 0 Å². The maximum atomic E-state index is 10.6. The Labute approximate surface area is 114 Å². The third-order valence-corrected chi connectivity index (χ3v) is 3.21. The van der Waals surface area contributed by atoms with Crippen LogP contribution in [-0.2, 0) is 0 Å². The lowest BCUT2D eigenvalue weighted by atomic mass is 10.2. The molecular weight excluding hydrogens is 242 g/mol. The molecule has 0 aliphatic rings. The fourth-order valence-electron chi connectivity index (χ4n) is 1.71. The summed E-state index contributed by atoms with van der Waals surface area (Å²) in [6, 6.07) is 7.20. The molecule has 1 rings (SSSR count). The number of nitro benzene ring substituents is 1. The van der Waals surface area contributed by atoms with Crippen molar-refractivity contribution in [3.05, 3.63) is 34.4 Å². The monoisotopic (exact) mass is 265 g/mol. The van der Waals surface area contributed by atoms with Crippen LogP contribution in [-0.4, -0.2) is 36.0 Å². The molecule has 0 saturated heterocycles. The van der Waals surface area contributed by atoms with Gasteiger partial charge in [0.1, 0.15) is 0 Å². The fraction of sp³-hybridized carbons (Fsp3) is 0.571. The Morgan fingerprint density at radius 1 is 1.37 bits per heavy atom. The Bertz CT molecular complexity index is 407. The summed E-state index contributed by atoms with van der Waals surface area (Å²) < 4.78 is 0. The molecule has 0 aromatic heterocycles. The van der Waals surface area contributed by atoms with Gasteiger partial charge in [-0.25, -0.2) is 0 Å². The molecular formula is C14H23N3O2. The zero-order chi connectivity index (χ0) is 14.3. The minimum Gasteiger partial charge on any atom is -0.385 e. The van der Waals surface area contributed by atoms with Gasteiger partial charge in [0.25, 0.3) is 5.69 Å². The predicted molar refractivity (Wildman–Crippen MR) is 78.6 cm³/mol. The third kappa shape index (κ3) is 5.70. The van der Waals surface area contributed by atoms with Crippen molar-refractivity contribution in [1.29, 1.82) is 0 Å². The summed E-state index contributed by atoms with van der Waals surface area (Å²) in [6.07, 6.45) is 2.18. The van der Waals surface area contributed by atoms with E-state index >= 15 is 0 Å². The second kappa shape index (κ2) is 7.74. The molecule has 1 N–H and O–H groups in total. The zero-order valence-corrected chi connectivity index (χ0v) is 11.9. The molecule has 0 aliphatic carbocycles. The first-order valence-corrected chi connectivity index (χ1v) is 6.69. The minimum atomic E-state index is -0.372. The summed E-state index contributed by atoms with van der Waals surface area (Å²) in [4.78, 5) is 12.6. The van der Waals surface area contributed by atoms with Gasteiger partial charge in [-0.05, 0) is 46.3 Å². The highest BCUT2D eigenvalue weighted by Crippen LogP contribution is 2.16. The van der Waals surface area contributed by atoms with Crippen molar-refractivity contribution < 1.29 is 4.92 Å². The SMILES string of the molecule is CC(C)N(C)CCCCNc1cccc([N+](=O)[O-])c1. The van der Waals surface area contributed by atoms with E-state index in [1.54, 1.807) is 12.1 Å². The van der Waals surface area contributed by atoms with Crippen molar-refractivity contribution >= 4 is 11.4 Å². The van der Waals surface area contributed by atoms with Crippen LogP contribution in [0.1, 0.15) is 26.7 Å². The number of hydrogen-bond acceptors (Lipinski definition) is 4. The van der Waals surface area contributed by atoms with Crippen LogP contribution in [0.15, 0.2) is 24.3 Å². The number of non-ortho nitro benzene ring substituents is 1. The lowest BCUT2D eigenvalue weighted by molar-refractivity contribution is -0.384. The average molecular weight is 265 g/mol. The molecule has 106 valence electrons. The second-order valence-corrected chi connectivity index (χ2v) is 5.02. The Balaban J connectivity index is 2.26. The van der Waals surface area contributed by atoms with Gasteiger partial charge < -0.3 is 10.2 Å². The van der Waals surface area contributed by atoms with Gasteiger partial charge in [0, 0.05) is 30.4 Å². The van der Waals surface area contributed by atoms with E-state index in [-0.39, 0.29) is 10.6 Å². The van der Waals surface area contributed by atoms with E-state index in [9.17, 15) is 10.1 Å². The molecule has 5 nitrogen and oxygen atoms in total. The standard InChI is InChI=1S/C14H23N3O2/c1-12(2)16(3)10-5-4-9-15-13-7-6-8-14(11-13)17(18)19/h6-8,11-12,15H,4-5,9-10H2,1-3H3. The van der Waals surface area contributed by atoms with E-state index in [2.05, 4.69) is 31.1 Å². The minimum absolute atomic E-state index is 0.129. The van der Waals surface area contributed by atoms with Crippen molar-refractivity contribution in [3.63, 3.8) is 0 Å². The molecule has 1 aromatic carbocycles. The van der Waals surface area contributed by atoms with Gasteiger partial charge in [-0.2, -0.15) is 0 Å². The molecule has 0 fully saturated rings. The van der Waals surface area contributed by atoms with Crippen LogP contribution in [0.5, 0.6) is 0 Å². The van der Waals surface area contributed by atoms with Crippen LogP contribution in [0.4, 0.5) is 11.4 Å². The number of rotatable bonds is 8. The van der Waals surface area contributed by atoms with E-state index in [1.807, 2.05) is 6.07 Å².